The molecule has 0 radical (unpaired) electrons. The van der Waals surface area contributed by atoms with E-state index in [2.05, 4.69) is 26.0 Å². The van der Waals surface area contributed by atoms with Crippen LogP contribution in [0, 0.1) is 30.0 Å². The zero-order valence-electron chi connectivity index (χ0n) is 17.1. The van der Waals surface area contributed by atoms with Crippen LogP contribution in [0.4, 0.5) is 10.1 Å². The maximum absolute atomic E-state index is 14.4. The first-order valence-corrected chi connectivity index (χ1v) is 10.2. The number of nitrogens with zero attached hydrogens (tertiary/aromatic N) is 7. The maximum Gasteiger partial charge on any atom is 0.280 e. The molecule has 160 valence electrons. The number of aromatic nitrogens is 6. The number of hydrogen-bond acceptors (Lipinski definition) is 7. The Balaban J connectivity index is 1.16. The zero-order valence-corrected chi connectivity index (χ0v) is 17.1. The van der Waals surface area contributed by atoms with Crippen LogP contribution < -0.4 is 10.5 Å². The molecule has 1 aliphatic carbocycles. The summed E-state index contributed by atoms with van der Waals surface area (Å²) >= 11 is 0. The molecule has 1 aromatic carbocycles. The number of halogens is 1. The van der Waals surface area contributed by atoms with Gasteiger partial charge in [0.25, 0.3) is 5.56 Å². The Bertz CT molecular complexity index is 1450. The first kappa shape index (κ1) is 18.7. The zero-order chi connectivity index (χ0) is 22.0. The molecule has 2 atom stereocenters. The molecule has 3 aromatic heterocycles. The van der Waals surface area contributed by atoms with E-state index in [1.54, 1.807) is 30.1 Å². The first-order chi connectivity index (χ1) is 15.5. The van der Waals surface area contributed by atoms with Gasteiger partial charge in [0, 0.05) is 31.6 Å². The maximum atomic E-state index is 14.4. The second-order valence-electron chi connectivity index (χ2n) is 8.32. The highest BCUT2D eigenvalue weighted by atomic mass is 19.1. The van der Waals surface area contributed by atoms with Crippen molar-refractivity contribution in [3.05, 3.63) is 64.3 Å². The lowest BCUT2D eigenvalue weighted by molar-refractivity contribution is 0.363. The molecule has 0 spiro atoms. The second-order valence-corrected chi connectivity index (χ2v) is 8.32. The average molecular weight is 431 g/mol. The summed E-state index contributed by atoms with van der Waals surface area (Å²) in [5, 5.41) is 4.14. The van der Waals surface area contributed by atoms with Gasteiger partial charge in [-0.2, -0.15) is 4.98 Å². The van der Waals surface area contributed by atoms with Crippen molar-refractivity contribution in [2.45, 2.75) is 12.5 Å². The standard InChI is InChI=1S/C22H18FN7O2/c1-3-12-4-5-16(15(23)6-12)29-7-13-14(8-29)18(13)20-26-17(32-27-20)9-30-11-25-21-19(22(30)31)28(2)10-24-21/h1,4-6,10-11,13-14,18H,7-9H2,2H3. The molecule has 2 fully saturated rings. The number of anilines is 1. The SMILES string of the molecule is C#Cc1ccc(N2CC3C(C2)C3c2noc(Cn3cnc4ncn(C)c4c3=O)n2)c(F)c1. The molecular weight excluding hydrogens is 413 g/mol. The van der Waals surface area contributed by atoms with E-state index < -0.39 is 0 Å². The highest BCUT2D eigenvalue weighted by Gasteiger charge is 2.58. The van der Waals surface area contributed by atoms with Gasteiger partial charge in [-0.05, 0) is 30.0 Å². The molecule has 4 heterocycles. The smallest absolute Gasteiger partial charge is 0.280 e. The number of imidazole rings is 1. The molecule has 2 aliphatic rings. The molecule has 9 nitrogen and oxygen atoms in total. The lowest BCUT2D eigenvalue weighted by Gasteiger charge is -2.22. The van der Waals surface area contributed by atoms with E-state index in [9.17, 15) is 9.18 Å². The molecule has 2 unspecified atom stereocenters. The third-order valence-corrected chi connectivity index (χ3v) is 6.44. The fraction of sp³-hybridized carbons (Fsp3) is 0.318. The van der Waals surface area contributed by atoms with Crippen LogP contribution in [0.1, 0.15) is 23.2 Å². The molecule has 1 saturated carbocycles. The highest BCUT2D eigenvalue weighted by molar-refractivity contribution is 5.68. The van der Waals surface area contributed by atoms with Crippen molar-refractivity contribution in [3.63, 3.8) is 0 Å². The number of hydrogen-bond donors (Lipinski definition) is 0. The Morgan fingerprint density at radius 1 is 1.25 bits per heavy atom. The molecule has 0 N–H and O–H groups in total. The first-order valence-electron chi connectivity index (χ1n) is 10.2. The number of terminal acetylenes is 1. The van der Waals surface area contributed by atoms with E-state index in [0.29, 0.717) is 46.0 Å². The van der Waals surface area contributed by atoms with Gasteiger partial charge in [-0.3, -0.25) is 9.36 Å². The predicted molar refractivity (Wildman–Crippen MR) is 112 cm³/mol. The summed E-state index contributed by atoms with van der Waals surface area (Å²) in [4.78, 5) is 27.5. The second kappa shape index (κ2) is 6.75. The molecule has 0 bridgehead atoms. The van der Waals surface area contributed by atoms with Gasteiger partial charge in [0.15, 0.2) is 17.0 Å². The summed E-state index contributed by atoms with van der Waals surface area (Å²) in [7, 11) is 1.75. The number of benzene rings is 1. The van der Waals surface area contributed by atoms with Gasteiger partial charge in [-0.1, -0.05) is 11.1 Å². The molecule has 6 rings (SSSR count). The minimum atomic E-state index is -0.301. The Labute approximate surface area is 181 Å². The van der Waals surface area contributed by atoms with E-state index in [0.717, 1.165) is 13.1 Å². The van der Waals surface area contributed by atoms with Gasteiger partial charge in [0.1, 0.15) is 18.7 Å². The van der Waals surface area contributed by atoms with E-state index in [-0.39, 0.29) is 23.8 Å². The third-order valence-electron chi connectivity index (χ3n) is 6.44. The summed E-state index contributed by atoms with van der Waals surface area (Å²) in [6.45, 7) is 1.60. The van der Waals surface area contributed by atoms with Crippen molar-refractivity contribution in [1.82, 2.24) is 29.2 Å². The van der Waals surface area contributed by atoms with Crippen LogP contribution in [-0.4, -0.2) is 42.3 Å². The van der Waals surface area contributed by atoms with Crippen molar-refractivity contribution in [2.24, 2.45) is 18.9 Å². The van der Waals surface area contributed by atoms with Crippen molar-refractivity contribution in [2.75, 3.05) is 18.0 Å². The van der Waals surface area contributed by atoms with Gasteiger partial charge in [-0.25, -0.2) is 14.4 Å². The normalized spacial score (nSPS) is 21.7. The van der Waals surface area contributed by atoms with Gasteiger partial charge < -0.3 is 14.0 Å². The predicted octanol–water partition coefficient (Wildman–Crippen LogP) is 1.53. The summed E-state index contributed by atoms with van der Waals surface area (Å²) < 4.78 is 22.9. The monoisotopic (exact) mass is 431 g/mol. The lowest BCUT2D eigenvalue weighted by atomic mass is 10.1. The Hall–Kier alpha value is -4.00. The van der Waals surface area contributed by atoms with E-state index in [4.69, 9.17) is 10.9 Å². The minimum Gasteiger partial charge on any atom is -0.369 e. The van der Waals surface area contributed by atoms with Crippen molar-refractivity contribution in [3.8, 4) is 12.3 Å². The molecule has 10 heteroatoms. The number of rotatable bonds is 4. The summed E-state index contributed by atoms with van der Waals surface area (Å²) in [6, 6.07) is 4.88. The van der Waals surface area contributed by atoms with Crippen molar-refractivity contribution >= 4 is 16.9 Å². The van der Waals surface area contributed by atoms with Crippen LogP contribution >= 0.6 is 0 Å². The number of piperidine rings is 1. The highest BCUT2D eigenvalue weighted by Crippen LogP contribution is 2.58. The van der Waals surface area contributed by atoms with Crippen molar-refractivity contribution < 1.29 is 8.91 Å². The largest absolute Gasteiger partial charge is 0.369 e. The van der Waals surface area contributed by atoms with Crippen LogP contribution in [0.15, 0.2) is 40.2 Å². The summed E-state index contributed by atoms with van der Waals surface area (Å²) in [5.74, 6) is 4.02. The van der Waals surface area contributed by atoms with Crippen LogP contribution in [0.3, 0.4) is 0 Å². The molecule has 4 aromatic rings. The number of aryl methyl sites for hydroxylation is 1. The molecule has 0 amide bonds. The van der Waals surface area contributed by atoms with Gasteiger partial charge >= 0.3 is 0 Å². The lowest BCUT2D eigenvalue weighted by Crippen LogP contribution is -2.24. The third kappa shape index (κ3) is 2.81. The molecule has 1 aliphatic heterocycles. The topological polar surface area (TPSA) is 94.9 Å². The van der Waals surface area contributed by atoms with E-state index in [1.165, 1.54) is 17.0 Å². The Morgan fingerprint density at radius 3 is 2.78 bits per heavy atom. The molecule has 1 saturated heterocycles. The quantitative estimate of drug-likeness (QED) is 0.452. The van der Waals surface area contributed by atoms with Gasteiger partial charge in [-0.15, -0.1) is 6.42 Å². The summed E-state index contributed by atoms with van der Waals surface area (Å²) in [5.41, 5.74) is 1.71. The van der Waals surface area contributed by atoms with Crippen LogP contribution in [0.5, 0.6) is 0 Å². The summed E-state index contributed by atoms with van der Waals surface area (Å²) in [6.07, 6.45) is 8.33. The number of fused-ring (bicyclic) bond motifs is 2. The van der Waals surface area contributed by atoms with Crippen LogP contribution in [0.2, 0.25) is 0 Å². The Morgan fingerprint density at radius 2 is 2.03 bits per heavy atom. The van der Waals surface area contributed by atoms with E-state index in [1.807, 2.05) is 4.90 Å². The van der Waals surface area contributed by atoms with Gasteiger partial charge in [0.05, 0.1) is 12.0 Å². The fourth-order valence-corrected chi connectivity index (χ4v) is 4.76. The average Bonchev–Trinajstić information content (AvgIpc) is 3.20. The van der Waals surface area contributed by atoms with Crippen LogP contribution in [0.25, 0.3) is 11.2 Å². The molecule has 32 heavy (non-hydrogen) atoms. The van der Waals surface area contributed by atoms with E-state index >= 15 is 0 Å². The van der Waals surface area contributed by atoms with Gasteiger partial charge in [0.2, 0.25) is 5.89 Å². The van der Waals surface area contributed by atoms with Crippen LogP contribution in [-0.2, 0) is 13.6 Å². The fourth-order valence-electron chi connectivity index (χ4n) is 4.76. The minimum absolute atomic E-state index is 0.140. The molecular formula is C22H18FN7O2. The van der Waals surface area contributed by atoms with Crippen molar-refractivity contribution in [1.29, 1.82) is 0 Å². The Kier molecular flexibility index (Phi) is 3.95.